The summed E-state index contributed by atoms with van der Waals surface area (Å²) >= 11 is 0. The third-order valence-electron chi connectivity index (χ3n) is 4.60. The van der Waals surface area contributed by atoms with E-state index in [1.165, 1.54) is 0 Å². The Kier molecular flexibility index (Phi) is 4.81. The van der Waals surface area contributed by atoms with Crippen molar-refractivity contribution in [1.29, 1.82) is 0 Å². The average molecular weight is 372 g/mol. The molecule has 28 heavy (non-hydrogen) atoms. The maximum absolute atomic E-state index is 12.9. The molecule has 0 atom stereocenters. The first-order valence-corrected chi connectivity index (χ1v) is 9.00. The number of rotatable bonds is 5. The first-order valence-electron chi connectivity index (χ1n) is 9.00. The summed E-state index contributed by atoms with van der Waals surface area (Å²) in [7, 11) is 1.63. The number of methoxy groups -OCH3 is 1. The molecule has 1 amide bonds. The highest BCUT2D eigenvalue weighted by Crippen LogP contribution is 2.27. The number of benzene rings is 2. The van der Waals surface area contributed by atoms with Crippen LogP contribution in [0.1, 0.15) is 21.7 Å². The van der Waals surface area contributed by atoms with E-state index >= 15 is 0 Å². The number of nitrogens with zero attached hydrogens (tertiary/aromatic N) is 1. The summed E-state index contributed by atoms with van der Waals surface area (Å²) in [4.78, 5) is 17.7. The summed E-state index contributed by atoms with van der Waals surface area (Å²) < 4.78 is 10.5. The molecule has 0 aliphatic rings. The zero-order valence-electron chi connectivity index (χ0n) is 15.7. The Morgan fingerprint density at radius 2 is 1.93 bits per heavy atom. The lowest BCUT2D eigenvalue weighted by atomic mass is 10.0. The van der Waals surface area contributed by atoms with Crippen LogP contribution in [0.2, 0.25) is 0 Å². The van der Waals surface area contributed by atoms with Gasteiger partial charge in [0.25, 0.3) is 5.91 Å². The van der Waals surface area contributed by atoms with Crippen LogP contribution in [-0.4, -0.2) is 18.0 Å². The predicted molar refractivity (Wildman–Crippen MR) is 108 cm³/mol. The monoisotopic (exact) mass is 372 g/mol. The molecule has 4 rings (SSSR count). The van der Waals surface area contributed by atoms with Gasteiger partial charge in [0.2, 0.25) is 0 Å². The van der Waals surface area contributed by atoms with Gasteiger partial charge in [-0.25, -0.2) is 4.98 Å². The SMILES string of the molecule is COc1ccc(-c2cc(C(=O)NCc3ccco3)c3cc(C)ccc3n2)cc1. The number of pyridine rings is 1. The van der Waals surface area contributed by atoms with Crippen LogP contribution in [-0.2, 0) is 6.54 Å². The van der Waals surface area contributed by atoms with Crippen LogP contribution in [0.25, 0.3) is 22.2 Å². The number of carbonyl (C=O) groups is 1. The van der Waals surface area contributed by atoms with Crippen molar-refractivity contribution in [3.63, 3.8) is 0 Å². The van der Waals surface area contributed by atoms with Gasteiger partial charge >= 0.3 is 0 Å². The van der Waals surface area contributed by atoms with Gasteiger partial charge < -0.3 is 14.5 Å². The Morgan fingerprint density at radius 3 is 2.64 bits per heavy atom. The molecule has 1 N–H and O–H groups in total. The summed E-state index contributed by atoms with van der Waals surface area (Å²) in [6.45, 7) is 2.33. The minimum Gasteiger partial charge on any atom is -0.497 e. The van der Waals surface area contributed by atoms with E-state index in [1.54, 1.807) is 19.4 Å². The molecule has 5 nitrogen and oxygen atoms in total. The van der Waals surface area contributed by atoms with E-state index in [1.807, 2.05) is 61.5 Å². The van der Waals surface area contributed by atoms with Gasteiger partial charge in [0, 0.05) is 10.9 Å². The van der Waals surface area contributed by atoms with Gasteiger partial charge in [0.15, 0.2) is 0 Å². The van der Waals surface area contributed by atoms with E-state index in [0.29, 0.717) is 17.9 Å². The van der Waals surface area contributed by atoms with Crippen molar-refractivity contribution in [2.45, 2.75) is 13.5 Å². The van der Waals surface area contributed by atoms with Crippen molar-refractivity contribution in [3.8, 4) is 17.0 Å². The van der Waals surface area contributed by atoms with Crippen molar-refractivity contribution >= 4 is 16.8 Å². The van der Waals surface area contributed by atoms with E-state index < -0.39 is 0 Å². The van der Waals surface area contributed by atoms with Gasteiger partial charge in [-0.2, -0.15) is 0 Å². The normalized spacial score (nSPS) is 10.8. The number of ether oxygens (including phenoxy) is 1. The van der Waals surface area contributed by atoms with Gasteiger partial charge in [0.1, 0.15) is 11.5 Å². The molecule has 4 aromatic rings. The van der Waals surface area contributed by atoms with Gasteiger partial charge in [-0.3, -0.25) is 4.79 Å². The van der Waals surface area contributed by atoms with Gasteiger partial charge in [-0.15, -0.1) is 0 Å². The van der Waals surface area contributed by atoms with Crippen LogP contribution in [0.15, 0.2) is 71.3 Å². The van der Waals surface area contributed by atoms with Gasteiger partial charge in [-0.05, 0) is 61.5 Å². The number of amides is 1. The molecule has 0 spiro atoms. The average Bonchev–Trinajstić information content (AvgIpc) is 3.25. The summed E-state index contributed by atoms with van der Waals surface area (Å²) in [5.74, 6) is 1.32. The number of carbonyl (C=O) groups excluding carboxylic acids is 1. The lowest BCUT2D eigenvalue weighted by Crippen LogP contribution is -2.23. The molecule has 2 aromatic carbocycles. The Morgan fingerprint density at radius 1 is 1.11 bits per heavy atom. The highest BCUT2D eigenvalue weighted by molar-refractivity contribution is 6.07. The summed E-state index contributed by atoms with van der Waals surface area (Å²) in [6, 6.07) is 19.0. The molecule has 2 heterocycles. The second-order valence-electron chi connectivity index (χ2n) is 6.57. The second-order valence-corrected chi connectivity index (χ2v) is 6.57. The number of furan rings is 1. The Balaban J connectivity index is 1.75. The van der Waals surface area contributed by atoms with Crippen molar-refractivity contribution < 1.29 is 13.9 Å². The number of aryl methyl sites for hydroxylation is 1. The van der Waals surface area contributed by atoms with Crippen LogP contribution in [0.5, 0.6) is 5.75 Å². The largest absolute Gasteiger partial charge is 0.497 e. The fraction of sp³-hybridized carbons (Fsp3) is 0.130. The van der Waals surface area contributed by atoms with Gasteiger partial charge in [-0.1, -0.05) is 11.6 Å². The van der Waals surface area contributed by atoms with E-state index in [9.17, 15) is 4.79 Å². The van der Waals surface area contributed by atoms with E-state index in [2.05, 4.69) is 5.32 Å². The van der Waals surface area contributed by atoms with Crippen LogP contribution in [0.4, 0.5) is 0 Å². The highest BCUT2D eigenvalue weighted by atomic mass is 16.5. The molecule has 2 aromatic heterocycles. The quantitative estimate of drug-likeness (QED) is 0.549. The number of aromatic nitrogens is 1. The molecule has 0 radical (unpaired) electrons. The Bertz CT molecular complexity index is 1120. The van der Waals surface area contributed by atoms with Crippen LogP contribution in [0, 0.1) is 6.92 Å². The molecule has 0 unspecified atom stereocenters. The molecular formula is C23H20N2O3. The lowest BCUT2D eigenvalue weighted by molar-refractivity contribution is 0.0949. The van der Waals surface area contributed by atoms with Gasteiger partial charge in [0.05, 0.1) is 36.7 Å². The topological polar surface area (TPSA) is 64.4 Å². The Labute approximate surface area is 163 Å². The standard InChI is InChI=1S/C23H20N2O3/c1-15-5-10-21-19(12-15)20(23(26)24-14-18-4-3-11-28-18)13-22(25-21)16-6-8-17(27-2)9-7-16/h3-13H,14H2,1-2H3,(H,24,26). The van der Waals surface area contributed by atoms with E-state index in [4.69, 9.17) is 14.1 Å². The maximum atomic E-state index is 12.9. The molecule has 5 heteroatoms. The summed E-state index contributed by atoms with van der Waals surface area (Å²) in [6.07, 6.45) is 1.59. The number of fused-ring (bicyclic) bond motifs is 1. The first-order chi connectivity index (χ1) is 13.6. The van der Waals surface area contributed by atoms with Crippen LogP contribution < -0.4 is 10.1 Å². The zero-order chi connectivity index (χ0) is 19.5. The molecule has 0 fully saturated rings. The molecule has 0 saturated heterocycles. The zero-order valence-corrected chi connectivity index (χ0v) is 15.7. The first kappa shape index (κ1) is 17.8. The highest BCUT2D eigenvalue weighted by Gasteiger charge is 2.15. The molecule has 140 valence electrons. The number of nitrogens with one attached hydrogen (secondary N) is 1. The molecule has 0 bridgehead atoms. The Hall–Kier alpha value is -3.60. The fourth-order valence-corrected chi connectivity index (χ4v) is 3.11. The second kappa shape index (κ2) is 7.56. The predicted octanol–water partition coefficient (Wildman–Crippen LogP) is 4.74. The fourth-order valence-electron chi connectivity index (χ4n) is 3.11. The van der Waals surface area contributed by atoms with Crippen LogP contribution in [0.3, 0.4) is 0 Å². The number of hydrogen-bond donors (Lipinski definition) is 1. The van der Waals surface area contributed by atoms with Crippen molar-refractivity contribution in [2.75, 3.05) is 7.11 Å². The molecule has 0 aliphatic carbocycles. The molecule has 0 saturated carbocycles. The van der Waals surface area contributed by atoms with Crippen molar-refractivity contribution in [1.82, 2.24) is 10.3 Å². The smallest absolute Gasteiger partial charge is 0.252 e. The minimum absolute atomic E-state index is 0.163. The van der Waals surface area contributed by atoms with E-state index in [-0.39, 0.29) is 5.91 Å². The molecule has 0 aliphatic heterocycles. The lowest BCUT2D eigenvalue weighted by Gasteiger charge is -2.11. The molecular weight excluding hydrogens is 352 g/mol. The maximum Gasteiger partial charge on any atom is 0.252 e. The van der Waals surface area contributed by atoms with Crippen LogP contribution >= 0.6 is 0 Å². The third-order valence-corrected chi connectivity index (χ3v) is 4.60. The summed E-state index contributed by atoms with van der Waals surface area (Å²) in [5, 5.41) is 3.76. The van der Waals surface area contributed by atoms with Crippen molar-refractivity contribution in [2.24, 2.45) is 0 Å². The minimum atomic E-state index is -0.163. The van der Waals surface area contributed by atoms with E-state index in [0.717, 1.165) is 33.5 Å². The third kappa shape index (κ3) is 3.60. The number of hydrogen-bond acceptors (Lipinski definition) is 4. The van der Waals surface area contributed by atoms with Crippen molar-refractivity contribution in [3.05, 3.63) is 83.8 Å². The summed E-state index contributed by atoms with van der Waals surface area (Å²) in [5.41, 5.74) is 4.10.